The van der Waals surface area contributed by atoms with E-state index in [1.807, 2.05) is 19.1 Å². The minimum absolute atomic E-state index is 0.0141. The van der Waals surface area contributed by atoms with Crippen LogP contribution in [0.2, 0.25) is 0 Å². The van der Waals surface area contributed by atoms with Crippen LogP contribution in [0.3, 0.4) is 0 Å². The third kappa shape index (κ3) is 6.33. The second kappa shape index (κ2) is 9.35. The van der Waals surface area contributed by atoms with Gasteiger partial charge in [0.2, 0.25) is 0 Å². The Morgan fingerprint density at radius 1 is 1.08 bits per heavy atom. The Morgan fingerprint density at radius 2 is 1.76 bits per heavy atom. The number of nitrogens with one attached hydrogen (secondary N) is 1. The van der Waals surface area contributed by atoms with Crippen LogP contribution >= 0.6 is 0 Å². The Labute approximate surface area is 149 Å². The van der Waals surface area contributed by atoms with Gasteiger partial charge in [-0.15, -0.1) is 0 Å². The van der Waals surface area contributed by atoms with Gasteiger partial charge in [0.1, 0.15) is 0 Å². The molecule has 25 heavy (non-hydrogen) atoms. The first kappa shape index (κ1) is 19.2. The van der Waals surface area contributed by atoms with Crippen molar-refractivity contribution in [3.63, 3.8) is 0 Å². The number of aryl methyl sites for hydroxylation is 1. The largest absolute Gasteiger partial charge is 0.456 e. The Hall–Kier alpha value is -2.17. The lowest BCUT2D eigenvalue weighted by atomic mass is 9.86. The van der Waals surface area contributed by atoms with Crippen LogP contribution in [0.4, 0.5) is 0 Å². The maximum Gasteiger partial charge on any atom is 0.306 e. The first-order valence-corrected chi connectivity index (χ1v) is 9.00. The minimum Gasteiger partial charge on any atom is -0.456 e. The van der Waals surface area contributed by atoms with E-state index < -0.39 is 5.97 Å². The fourth-order valence-electron chi connectivity index (χ4n) is 3.10. The molecular formula is C20H27NO4. The van der Waals surface area contributed by atoms with Crippen molar-refractivity contribution in [2.75, 3.05) is 6.61 Å². The first-order valence-electron chi connectivity index (χ1n) is 9.00. The van der Waals surface area contributed by atoms with Crippen molar-refractivity contribution in [3.05, 3.63) is 35.4 Å². The summed E-state index contributed by atoms with van der Waals surface area (Å²) in [6.07, 6.45) is 4.49. The summed E-state index contributed by atoms with van der Waals surface area (Å²) in [4.78, 5) is 35.6. The quantitative estimate of drug-likeness (QED) is 0.608. The van der Waals surface area contributed by atoms with Gasteiger partial charge in [-0.1, -0.05) is 49.6 Å². The van der Waals surface area contributed by atoms with Crippen molar-refractivity contribution >= 4 is 17.7 Å². The van der Waals surface area contributed by atoms with Crippen molar-refractivity contribution in [3.8, 4) is 0 Å². The van der Waals surface area contributed by atoms with E-state index in [1.54, 1.807) is 12.1 Å². The van der Waals surface area contributed by atoms with Gasteiger partial charge in [0, 0.05) is 18.0 Å². The molecular weight excluding hydrogens is 318 g/mol. The number of benzene rings is 1. The molecule has 1 fully saturated rings. The van der Waals surface area contributed by atoms with Crippen molar-refractivity contribution < 1.29 is 19.1 Å². The maximum absolute atomic E-state index is 12.0. The molecule has 0 radical (unpaired) electrons. The highest BCUT2D eigenvalue weighted by atomic mass is 16.5. The number of carbonyl (C=O) groups is 3. The molecule has 0 bridgehead atoms. The zero-order valence-electron chi connectivity index (χ0n) is 15.0. The topological polar surface area (TPSA) is 72.5 Å². The average molecular weight is 345 g/mol. The number of amides is 1. The van der Waals surface area contributed by atoms with E-state index in [0.29, 0.717) is 11.5 Å². The number of Topliss-reactive ketones (excluding diaryl/α,β-unsaturated/α-hetero) is 1. The van der Waals surface area contributed by atoms with Crippen molar-refractivity contribution in [2.45, 2.75) is 58.4 Å². The molecule has 0 saturated heterocycles. The third-order valence-corrected chi connectivity index (χ3v) is 4.75. The molecule has 1 aromatic rings. The maximum atomic E-state index is 12.0. The highest BCUT2D eigenvalue weighted by Crippen LogP contribution is 2.23. The Morgan fingerprint density at radius 3 is 2.44 bits per heavy atom. The van der Waals surface area contributed by atoms with Gasteiger partial charge in [-0.2, -0.15) is 0 Å². The number of esters is 1. The second-order valence-corrected chi connectivity index (χ2v) is 6.89. The zero-order chi connectivity index (χ0) is 18.2. The fourth-order valence-corrected chi connectivity index (χ4v) is 3.10. The first-order chi connectivity index (χ1) is 12.0. The Bertz CT molecular complexity index is 609. The molecule has 5 nitrogen and oxygen atoms in total. The molecule has 0 aromatic heterocycles. The Balaban J connectivity index is 1.67. The monoisotopic (exact) mass is 345 g/mol. The minimum atomic E-state index is -0.521. The molecule has 1 aromatic carbocycles. The number of hydrogen-bond donors (Lipinski definition) is 1. The molecule has 136 valence electrons. The summed E-state index contributed by atoms with van der Waals surface area (Å²) in [6, 6.07) is 7.40. The standard InChI is InChI=1S/C20H27NO4/c1-14-7-9-16(10-8-14)18(22)11-12-20(24)25-13-19(23)21-17-6-4-3-5-15(17)2/h7-10,15,17H,3-6,11-13H2,1-2H3,(H,21,23)/t15-,17+/m1/s1. The van der Waals surface area contributed by atoms with E-state index >= 15 is 0 Å². The fraction of sp³-hybridized carbons (Fsp3) is 0.550. The number of carbonyl (C=O) groups excluding carboxylic acids is 3. The zero-order valence-corrected chi connectivity index (χ0v) is 15.0. The molecule has 5 heteroatoms. The summed E-state index contributed by atoms with van der Waals surface area (Å²) in [5.41, 5.74) is 1.66. The van der Waals surface area contributed by atoms with Crippen LogP contribution in [0.15, 0.2) is 24.3 Å². The lowest BCUT2D eigenvalue weighted by Crippen LogP contribution is -2.42. The number of hydrogen-bond acceptors (Lipinski definition) is 4. The van der Waals surface area contributed by atoms with E-state index in [-0.39, 0.29) is 37.2 Å². The van der Waals surface area contributed by atoms with Crippen LogP contribution in [0.5, 0.6) is 0 Å². The van der Waals surface area contributed by atoms with Gasteiger partial charge in [0.05, 0.1) is 6.42 Å². The van der Waals surface area contributed by atoms with Crippen LogP contribution in [0.25, 0.3) is 0 Å². The second-order valence-electron chi connectivity index (χ2n) is 6.89. The third-order valence-electron chi connectivity index (χ3n) is 4.75. The molecule has 2 rings (SSSR count). The van der Waals surface area contributed by atoms with Crippen LogP contribution in [-0.2, 0) is 14.3 Å². The van der Waals surface area contributed by atoms with Gasteiger partial charge in [-0.05, 0) is 25.7 Å². The molecule has 1 aliphatic carbocycles. The highest BCUT2D eigenvalue weighted by molar-refractivity contribution is 5.97. The van der Waals surface area contributed by atoms with E-state index in [9.17, 15) is 14.4 Å². The number of rotatable bonds is 7. The summed E-state index contributed by atoms with van der Waals surface area (Å²) >= 11 is 0. The molecule has 0 aliphatic heterocycles. The summed E-state index contributed by atoms with van der Waals surface area (Å²) in [7, 11) is 0. The molecule has 1 saturated carbocycles. The normalized spacial score (nSPS) is 19.9. The van der Waals surface area contributed by atoms with Gasteiger partial charge < -0.3 is 10.1 Å². The predicted molar refractivity (Wildman–Crippen MR) is 95.3 cm³/mol. The SMILES string of the molecule is Cc1ccc(C(=O)CCC(=O)OCC(=O)N[C@H]2CCCC[C@H]2C)cc1. The van der Waals surface area contributed by atoms with E-state index in [0.717, 1.165) is 24.8 Å². The molecule has 1 amide bonds. The lowest BCUT2D eigenvalue weighted by Gasteiger charge is -2.29. The van der Waals surface area contributed by atoms with E-state index in [2.05, 4.69) is 12.2 Å². The van der Waals surface area contributed by atoms with Gasteiger partial charge in [0.15, 0.2) is 12.4 Å². The molecule has 0 heterocycles. The predicted octanol–water partition coefficient (Wildman–Crippen LogP) is 3.20. The van der Waals surface area contributed by atoms with Crippen LogP contribution in [0, 0.1) is 12.8 Å². The van der Waals surface area contributed by atoms with E-state index in [4.69, 9.17) is 4.74 Å². The number of ether oxygens (including phenoxy) is 1. The van der Waals surface area contributed by atoms with Gasteiger partial charge in [-0.25, -0.2) is 0 Å². The van der Waals surface area contributed by atoms with Crippen molar-refractivity contribution in [1.29, 1.82) is 0 Å². The summed E-state index contributed by atoms with van der Waals surface area (Å²) < 4.78 is 4.98. The molecule has 2 atom stereocenters. The van der Waals surface area contributed by atoms with Crippen LogP contribution in [-0.4, -0.2) is 30.3 Å². The van der Waals surface area contributed by atoms with Gasteiger partial charge in [-0.3, -0.25) is 14.4 Å². The molecule has 0 unspecified atom stereocenters. The van der Waals surface area contributed by atoms with Gasteiger partial charge in [0.25, 0.3) is 5.91 Å². The van der Waals surface area contributed by atoms with Crippen LogP contribution < -0.4 is 5.32 Å². The van der Waals surface area contributed by atoms with Crippen molar-refractivity contribution in [1.82, 2.24) is 5.32 Å². The summed E-state index contributed by atoms with van der Waals surface area (Å²) in [5.74, 6) is -0.428. The van der Waals surface area contributed by atoms with Crippen molar-refractivity contribution in [2.24, 2.45) is 5.92 Å². The molecule has 0 spiro atoms. The highest BCUT2D eigenvalue weighted by Gasteiger charge is 2.23. The number of ketones is 1. The average Bonchev–Trinajstić information content (AvgIpc) is 2.60. The summed E-state index contributed by atoms with van der Waals surface area (Å²) in [5, 5.41) is 2.94. The summed E-state index contributed by atoms with van der Waals surface area (Å²) in [6.45, 7) is 3.80. The van der Waals surface area contributed by atoms with Gasteiger partial charge >= 0.3 is 5.97 Å². The molecule has 1 N–H and O–H groups in total. The Kier molecular flexibility index (Phi) is 7.16. The molecule has 1 aliphatic rings. The smallest absolute Gasteiger partial charge is 0.306 e. The van der Waals surface area contributed by atoms with E-state index in [1.165, 1.54) is 6.42 Å². The lowest BCUT2D eigenvalue weighted by molar-refractivity contribution is -0.148. The van der Waals surface area contributed by atoms with Crippen LogP contribution in [0.1, 0.15) is 61.4 Å².